The van der Waals surface area contributed by atoms with Crippen molar-refractivity contribution in [2.75, 3.05) is 12.8 Å². The number of carboxylic acid groups (broad SMARTS) is 1. The first-order valence-corrected chi connectivity index (χ1v) is 7.61. The highest BCUT2D eigenvalue weighted by atomic mass is 32.2. The summed E-state index contributed by atoms with van der Waals surface area (Å²) in [6.07, 6.45) is 3.06. The maximum absolute atomic E-state index is 12.6. The number of aromatic nitrogens is 2. The quantitative estimate of drug-likeness (QED) is 0.672. The van der Waals surface area contributed by atoms with E-state index in [0.29, 0.717) is 41.5 Å². The highest BCUT2D eigenvalue weighted by Gasteiger charge is 2.36. The largest absolute Gasteiger partial charge is 0.480 e. The maximum Gasteiger partial charge on any atom is 0.326 e. The fraction of sp³-hybridized carbons (Fsp3) is 0.538. The Kier molecular flexibility index (Phi) is 4.27. The van der Waals surface area contributed by atoms with Crippen molar-refractivity contribution >= 4 is 23.6 Å². The predicted octanol–water partition coefficient (Wildman–Crippen LogP) is 1.50. The minimum atomic E-state index is -0.952. The van der Waals surface area contributed by atoms with Gasteiger partial charge in [0.2, 0.25) is 0 Å². The molecule has 0 aromatic carbocycles. The number of aryl methyl sites for hydroxylation is 2. The Hall–Kier alpha value is -1.63. The number of amides is 1. The lowest BCUT2D eigenvalue weighted by Crippen LogP contribution is -2.41. The molecule has 0 bridgehead atoms. The van der Waals surface area contributed by atoms with E-state index in [0.717, 1.165) is 0 Å². The summed E-state index contributed by atoms with van der Waals surface area (Å²) >= 11 is 1.37. The molecule has 6 nitrogen and oxygen atoms in total. The smallest absolute Gasteiger partial charge is 0.326 e. The molecule has 1 saturated heterocycles. The van der Waals surface area contributed by atoms with Gasteiger partial charge in [-0.05, 0) is 32.9 Å². The van der Waals surface area contributed by atoms with Crippen LogP contribution in [0, 0.1) is 13.8 Å². The first-order chi connectivity index (χ1) is 9.45. The van der Waals surface area contributed by atoms with Gasteiger partial charge in [0, 0.05) is 6.54 Å². The van der Waals surface area contributed by atoms with Crippen LogP contribution in [0.2, 0.25) is 0 Å². The van der Waals surface area contributed by atoms with Crippen LogP contribution in [0.4, 0.5) is 0 Å². The van der Waals surface area contributed by atoms with Gasteiger partial charge in [-0.15, -0.1) is 11.8 Å². The number of rotatable bonds is 3. The number of carbonyl (C=O) groups is 2. The van der Waals surface area contributed by atoms with Crippen molar-refractivity contribution in [1.29, 1.82) is 0 Å². The second kappa shape index (κ2) is 5.78. The highest BCUT2D eigenvalue weighted by molar-refractivity contribution is 7.98. The zero-order valence-electron chi connectivity index (χ0n) is 11.7. The fourth-order valence-corrected chi connectivity index (χ4v) is 3.15. The van der Waals surface area contributed by atoms with Gasteiger partial charge in [-0.1, -0.05) is 0 Å². The van der Waals surface area contributed by atoms with Crippen LogP contribution in [0.3, 0.4) is 0 Å². The van der Waals surface area contributed by atoms with Gasteiger partial charge >= 0.3 is 5.97 Å². The minimum Gasteiger partial charge on any atom is -0.480 e. The van der Waals surface area contributed by atoms with Crippen LogP contribution in [0.1, 0.15) is 34.7 Å². The Morgan fingerprint density at radius 3 is 2.65 bits per heavy atom. The van der Waals surface area contributed by atoms with E-state index < -0.39 is 12.0 Å². The van der Waals surface area contributed by atoms with Crippen molar-refractivity contribution in [1.82, 2.24) is 14.9 Å². The Balaban J connectivity index is 2.41. The van der Waals surface area contributed by atoms with Crippen LogP contribution in [0.5, 0.6) is 0 Å². The summed E-state index contributed by atoms with van der Waals surface area (Å²) in [4.78, 5) is 33.8. The van der Waals surface area contributed by atoms with Gasteiger partial charge < -0.3 is 10.0 Å². The van der Waals surface area contributed by atoms with Gasteiger partial charge in [0.05, 0.1) is 11.3 Å². The molecule has 1 fully saturated rings. The lowest BCUT2D eigenvalue weighted by atomic mass is 10.2. The summed E-state index contributed by atoms with van der Waals surface area (Å²) in [6.45, 7) is 4.00. The summed E-state index contributed by atoms with van der Waals surface area (Å²) < 4.78 is 0. The zero-order chi connectivity index (χ0) is 14.9. The molecule has 0 saturated carbocycles. The molecule has 1 N–H and O–H groups in total. The number of hydrogen-bond donors (Lipinski definition) is 1. The van der Waals surface area contributed by atoms with E-state index in [1.807, 2.05) is 6.26 Å². The lowest BCUT2D eigenvalue weighted by Gasteiger charge is -2.23. The van der Waals surface area contributed by atoms with E-state index in [-0.39, 0.29) is 5.91 Å². The molecule has 1 aromatic heterocycles. The summed E-state index contributed by atoms with van der Waals surface area (Å²) in [5.74, 6) is -0.622. The molecule has 1 aliphatic rings. The molecule has 2 rings (SSSR count). The van der Waals surface area contributed by atoms with Gasteiger partial charge in [0.1, 0.15) is 16.9 Å². The van der Waals surface area contributed by atoms with Crippen molar-refractivity contribution in [3.63, 3.8) is 0 Å². The number of carbonyl (C=O) groups excluding carboxylic acids is 1. The molecule has 1 atom stereocenters. The maximum atomic E-state index is 12.6. The number of likely N-dealkylation sites (tertiary alicyclic amines) is 1. The molecule has 0 radical (unpaired) electrons. The average molecular weight is 295 g/mol. The van der Waals surface area contributed by atoms with Crippen LogP contribution in [0.15, 0.2) is 5.03 Å². The van der Waals surface area contributed by atoms with Gasteiger partial charge in [-0.25, -0.2) is 14.8 Å². The number of carboxylic acids is 1. The van der Waals surface area contributed by atoms with Crippen LogP contribution in [-0.4, -0.2) is 50.7 Å². The van der Waals surface area contributed by atoms with E-state index in [4.69, 9.17) is 0 Å². The van der Waals surface area contributed by atoms with Gasteiger partial charge in [-0.2, -0.15) is 0 Å². The third kappa shape index (κ3) is 2.63. The second-order valence-corrected chi connectivity index (χ2v) is 5.53. The highest BCUT2D eigenvalue weighted by Crippen LogP contribution is 2.26. The third-order valence-corrected chi connectivity index (χ3v) is 4.06. The Bertz CT molecular complexity index is 562. The number of aliphatic carboxylic acids is 1. The zero-order valence-corrected chi connectivity index (χ0v) is 12.5. The number of thioether (sulfide) groups is 1. The van der Waals surface area contributed by atoms with E-state index >= 15 is 0 Å². The van der Waals surface area contributed by atoms with Crippen molar-refractivity contribution in [2.24, 2.45) is 0 Å². The van der Waals surface area contributed by atoms with E-state index in [2.05, 4.69) is 9.97 Å². The molecule has 1 aliphatic heterocycles. The van der Waals surface area contributed by atoms with E-state index in [9.17, 15) is 14.7 Å². The summed E-state index contributed by atoms with van der Waals surface area (Å²) in [5, 5.41) is 9.80. The van der Waals surface area contributed by atoms with Gasteiger partial charge in [0.25, 0.3) is 5.91 Å². The molecule has 0 aliphatic carbocycles. The van der Waals surface area contributed by atoms with Gasteiger partial charge in [-0.3, -0.25) is 4.79 Å². The number of hydrogen-bond acceptors (Lipinski definition) is 5. The summed E-state index contributed by atoms with van der Waals surface area (Å²) in [7, 11) is 0. The van der Waals surface area contributed by atoms with Crippen molar-refractivity contribution in [2.45, 2.75) is 37.8 Å². The monoisotopic (exact) mass is 295 g/mol. The summed E-state index contributed by atoms with van der Waals surface area (Å²) in [6, 6.07) is -0.738. The normalized spacial score (nSPS) is 18.4. The molecule has 0 spiro atoms. The molecule has 7 heteroatoms. The SMILES string of the molecule is CSc1nc(C)nc(C)c1C(=O)N1CCCC1C(=O)O. The summed E-state index contributed by atoms with van der Waals surface area (Å²) in [5.41, 5.74) is 1.03. The molecule has 108 valence electrons. The topological polar surface area (TPSA) is 83.4 Å². The second-order valence-electron chi connectivity index (χ2n) is 4.74. The Morgan fingerprint density at radius 1 is 1.35 bits per heavy atom. The van der Waals surface area contributed by atoms with E-state index in [1.54, 1.807) is 13.8 Å². The predicted molar refractivity (Wildman–Crippen MR) is 75.0 cm³/mol. The Morgan fingerprint density at radius 2 is 2.05 bits per heavy atom. The third-order valence-electron chi connectivity index (χ3n) is 3.37. The first kappa shape index (κ1) is 14.8. The van der Waals surface area contributed by atoms with Crippen LogP contribution in [-0.2, 0) is 4.79 Å². The van der Waals surface area contributed by atoms with Crippen LogP contribution in [0.25, 0.3) is 0 Å². The molecular formula is C13H17N3O3S. The van der Waals surface area contributed by atoms with Gasteiger partial charge in [0.15, 0.2) is 0 Å². The number of nitrogens with zero attached hydrogens (tertiary/aromatic N) is 3. The molecule has 20 heavy (non-hydrogen) atoms. The Labute approximate surface area is 121 Å². The molecular weight excluding hydrogens is 278 g/mol. The molecule has 1 unspecified atom stereocenters. The first-order valence-electron chi connectivity index (χ1n) is 6.38. The molecule has 2 heterocycles. The fourth-order valence-electron chi connectivity index (χ4n) is 2.49. The molecule has 1 aromatic rings. The molecule has 1 amide bonds. The van der Waals surface area contributed by atoms with Crippen LogP contribution < -0.4 is 0 Å². The van der Waals surface area contributed by atoms with Crippen LogP contribution >= 0.6 is 11.8 Å². The minimum absolute atomic E-state index is 0.281. The van der Waals surface area contributed by atoms with Crippen molar-refractivity contribution in [3.8, 4) is 0 Å². The van der Waals surface area contributed by atoms with Crippen molar-refractivity contribution < 1.29 is 14.7 Å². The average Bonchev–Trinajstić information content (AvgIpc) is 2.86. The standard InChI is InChI=1S/C13H17N3O3S/c1-7-10(11(20-3)15-8(2)14-7)12(17)16-6-4-5-9(16)13(18)19/h9H,4-6H2,1-3H3,(H,18,19). The van der Waals surface area contributed by atoms with Crippen molar-refractivity contribution in [3.05, 3.63) is 17.1 Å². The lowest BCUT2D eigenvalue weighted by molar-refractivity contribution is -0.141. The van der Waals surface area contributed by atoms with E-state index in [1.165, 1.54) is 16.7 Å².